The number of nitrogens with zero attached hydrogens (tertiary/aromatic N) is 5. The standard InChI is InChI=1S/C28H32N6O5/c1-3-24(27-30-31-32-34(27)16-22-5-4-10-37-22)33(14-18-6-9-25-26(11-18)39-17-38-25)15-20-12-19-7-8-21(36-2)13-23(19)29-28(20)35/h6-9,11-13,22,24H,3-5,10,14-17H2,1-2H3,(H,29,35). The molecule has 2 unspecified atom stereocenters. The first-order valence-electron chi connectivity index (χ1n) is 13.3. The summed E-state index contributed by atoms with van der Waals surface area (Å²) < 4.78 is 24.2. The number of aromatic nitrogens is 5. The van der Waals surface area contributed by atoms with Crippen molar-refractivity contribution in [3.05, 3.63) is 69.8 Å². The largest absolute Gasteiger partial charge is 0.497 e. The molecule has 11 heteroatoms. The molecule has 0 bridgehead atoms. The van der Waals surface area contributed by atoms with Gasteiger partial charge in [0, 0.05) is 31.3 Å². The van der Waals surface area contributed by atoms with Crippen molar-refractivity contribution in [3.8, 4) is 17.2 Å². The fraction of sp³-hybridized carbons (Fsp3) is 0.429. The zero-order valence-corrected chi connectivity index (χ0v) is 22.1. The van der Waals surface area contributed by atoms with E-state index in [1.165, 1.54) is 0 Å². The Kier molecular flexibility index (Phi) is 7.16. The van der Waals surface area contributed by atoms with Gasteiger partial charge < -0.3 is 23.9 Å². The van der Waals surface area contributed by atoms with Crippen molar-refractivity contribution < 1.29 is 18.9 Å². The average molecular weight is 533 g/mol. The Labute approximate surface area is 225 Å². The normalized spacial score (nSPS) is 17.3. The summed E-state index contributed by atoms with van der Waals surface area (Å²) >= 11 is 0. The van der Waals surface area contributed by atoms with Crippen LogP contribution in [0.25, 0.3) is 10.9 Å². The molecule has 0 spiro atoms. The molecule has 2 atom stereocenters. The smallest absolute Gasteiger partial charge is 0.252 e. The summed E-state index contributed by atoms with van der Waals surface area (Å²) in [4.78, 5) is 18.5. The molecule has 0 amide bonds. The van der Waals surface area contributed by atoms with Crippen LogP contribution in [0.1, 0.15) is 49.2 Å². The molecular weight excluding hydrogens is 500 g/mol. The van der Waals surface area contributed by atoms with Gasteiger partial charge in [0.15, 0.2) is 17.3 Å². The van der Waals surface area contributed by atoms with Gasteiger partial charge in [0.2, 0.25) is 6.79 Å². The molecule has 204 valence electrons. The van der Waals surface area contributed by atoms with E-state index in [2.05, 4.69) is 32.3 Å². The quantitative estimate of drug-likeness (QED) is 0.327. The van der Waals surface area contributed by atoms with Gasteiger partial charge >= 0.3 is 0 Å². The molecule has 0 saturated carbocycles. The topological polar surface area (TPSA) is 117 Å². The fourth-order valence-corrected chi connectivity index (χ4v) is 5.40. The first-order valence-corrected chi connectivity index (χ1v) is 13.3. The van der Waals surface area contributed by atoms with E-state index in [9.17, 15) is 4.79 Å². The average Bonchev–Trinajstić information content (AvgIpc) is 3.72. The number of benzene rings is 2. The minimum absolute atomic E-state index is 0.104. The van der Waals surface area contributed by atoms with Crippen LogP contribution >= 0.6 is 0 Å². The second kappa shape index (κ2) is 11.0. The molecule has 2 aromatic heterocycles. The third kappa shape index (κ3) is 5.32. The van der Waals surface area contributed by atoms with Crippen LogP contribution in [-0.4, -0.2) is 56.7 Å². The van der Waals surface area contributed by atoms with Crippen LogP contribution in [0, 0.1) is 0 Å². The van der Waals surface area contributed by atoms with Gasteiger partial charge in [-0.05, 0) is 71.0 Å². The highest BCUT2D eigenvalue weighted by Crippen LogP contribution is 2.34. The number of nitrogens with one attached hydrogen (secondary N) is 1. The van der Waals surface area contributed by atoms with Crippen LogP contribution in [0.2, 0.25) is 0 Å². The Morgan fingerprint density at radius 2 is 2.05 bits per heavy atom. The Bertz CT molecular complexity index is 1510. The lowest BCUT2D eigenvalue weighted by atomic mass is 10.1. The highest BCUT2D eigenvalue weighted by atomic mass is 16.7. The van der Waals surface area contributed by atoms with Crippen molar-refractivity contribution in [1.82, 2.24) is 30.1 Å². The number of rotatable bonds is 10. The van der Waals surface area contributed by atoms with Crippen molar-refractivity contribution in [2.45, 2.75) is 58.0 Å². The van der Waals surface area contributed by atoms with Crippen LogP contribution in [0.4, 0.5) is 0 Å². The van der Waals surface area contributed by atoms with E-state index >= 15 is 0 Å². The summed E-state index contributed by atoms with van der Waals surface area (Å²) in [5.41, 5.74) is 2.29. The van der Waals surface area contributed by atoms with Crippen LogP contribution < -0.4 is 19.8 Å². The zero-order valence-electron chi connectivity index (χ0n) is 22.1. The molecule has 11 nitrogen and oxygen atoms in total. The summed E-state index contributed by atoms with van der Waals surface area (Å²) in [6, 6.07) is 13.4. The number of hydrogen-bond donors (Lipinski definition) is 1. The maximum absolute atomic E-state index is 13.2. The van der Waals surface area contributed by atoms with Crippen LogP contribution in [-0.2, 0) is 24.4 Å². The van der Waals surface area contributed by atoms with Crippen LogP contribution in [0.3, 0.4) is 0 Å². The van der Waals surface area contributed by atoms with E-state index in [1.54, 1.807) is 7.11 Å². The van der Waals surface area contributed by atoms with Gasteiger partial charge in [-0.1, -0.05) is 13.0 Å². The Morgan fingerprint density at radius 3 is 2.87 bits per heavy atom. The summed E-state index contributed by atoms with van der Waals surface area (Å²) in [6.07, 6.45) is 2.90. The summed E-state index contributed by atoms with van der Waals surface area (Å²) in [7, 11) is 1.61. The second-order valence-corrected chi connectivity index (χ2v) is 9.95. The highest BCUT2D eigenvalue weighted by Gasteiger charge is 2.28. The molecule has 2 aliphatic heterocycles. The summed E-state index contributed by atoms with van der Waals surface area (Å²) in [6.45, 7) is 4.66. The second-order valence-electron chi connectivity index (χ2n) is 9.95. The van der Waals surface area contributed by atoms with Crippen molar-refractivity contribution >= 4 is 10.9 Å². The molecule has 0 radical (unpaired) electrons. The van der Waals surface area contributed by atoms with Gasteiger partial charge in [-0.15, -0.1) is 5.10 Å². The summed E-state index contributed by atoms with van der Waals surface area (Å²) in [5, 5.41) is 13.7. The molecule has 1 fully saturated rings. The number of fused-ring (bicyclic) bond motifs is 2. The van der Waals surface area contributed by atoms with E-state index in [-0.39, 0.29) is 24.5 Å². The number of tetrazole rings is 1. The van der Waals surface area contributed by atoms with Crippen molar-refractivity contribution in [3.63, 3.8) is 0 Å². The van der Waals surface area contributed by atoms with Gasteiger partial charge in [0.1, 0.15) is 5.75 Å². The van der Waals surface area contributed by atoms with Gasteiger partial charge in [-0.2, -0.15) is 0 Å². The Balaban J connectivity index is 1.35. The van der Waals surface area contributed by atoms with Crippen LogP contribution in [0.5, 0.6) is 17.2 Å². The molecule has 0 aliphatic carbocycles. The van der Waals surface area contributed by atoms with E-state index < -0.39 is 0 Å². The Hall–Kier alpha value is -3.96. The lowest BCUT2D eigenvalue weighted by molar-refractivity contribution is 0.0888. The molecule has 4 aromatic rings. The number of pyridine rings is 1. The monoisotopic (exact) mass is 532 g/mol. The molecular formula is C28H32N6O5. The van der Waals surface area contributed by atoms with E-state index in [0.29, 0.717) is 30.9 Å². The summed E-state index contributed by atoms with van der Waals surface area (Å²) in [5.74, 6) is 2.91. The minimum atomic E-state index is -0.141. The first kappa shape index (κ1) is 25.3. The van der Waals surface area contributed by atoms with E-state index in [4.69, 9.17) is 18.9 Å². The molecule has 39 heavy (non-hydrogen) atoms. The lowest BCUT2D eigenvalue weighted by Gasteiger charge is -2.30. The van der Waals surface area contributed by atoms with Crippen LogP contribution in [0.15, 0.2) is 47.3 Å². The lowest BCUT2D eigenvalue weighted by Crippen LogP contribution is -2.33. The predicted molar refractivity (Wildman–Crippen MR) is 143 cm³/mol. The number of aromatic amines is 1. The van der Waals surface area contributed by atoms with Gasteiger partial charge in [0.25, 0.3) is 5.56 Å². The number of methoxy groups -OCH3 is 1. The number of hydrogen-bond acceptors (Lipinski definition) is 9. The van der Waals surface area contributed by atoms with E-state index in [0.717, 1.165) is 59.7 Å². The van der Waals surface area contributed by atoms with Gasteiger partial charge in [-0.3, -0.25) is 9.69 Å². The zero-order chi connectivity index (χ0) is 26.8. The maximum Gasteiger partial charge on any atom is 0.252 e. The molecule has 2 aromatic carbocycles. The van der Waals surface area contributed by atoms with Crippen molar-refractivity contribution in [2.75, 3.05) is 20.5 Å². The molecule has 1 saturated heterocycles. The Morgan fingerprint density at radius 1 is 1.15 bits per heavy atom. The maximum atomic E-state index is 13.2. The van der Waals surface area contributed by atoms with E-state index in [1.807, 2.05) is 47.1 Å². The molecule has 1 N–H and O–H groups in total. The highest BCUT2D eigenvalue weighted by molar-refractivity contribution is 5.80. The van der Waals surface area contributed by atoms with Crippen molar-refractivity contribution in [1.29, 1.82) is 0 Å². The minimum Gasteiger partial charge on any atom is -0.497 e. The SMILES string of the molecule is CCC(c1nnnn1CC1CCCO1)N(Cc1ccc2c(c1)OCO2)Cc1cc2ccc(OC)cc2[nH]c1=O. The van der Waals surface area contributed by atoms with Gasteiger partial charge in [-0.25, -0.2) is 4.68 Å². The molecule has 2 aliphatic rings. The number of H-pyrrole nitrogens is 1. The fourth-order valence-electron chi connectivity index (χ4n) is 5.40. The van der Waals surface area contributed by atoms with Crippen molar-refractivity contribution in [2.24, 2.45) is 0 Å². The predicted octanol–water partition coefficient (Wildman–Crippen LogP) is 3.58. The first-order chi connectivity index (χ1) is 19.1. The third-order valence-corrected chi connectivity index (χ3v) is 7.41. The molecule has 4 heterocycles. The third-order valence-electron chi connectivity index (χ3n) is 7.41. The molecule has 6 rings (SSSR count). The van der Waals surface area contributed by atoms with Gasteiger partial charge in [0.05, 0.1) is 31.3 Å². The number of ether oxygens (including phenoxy) is 4.